The Kier molecular flexibility index (Phi) is 5.46. The third kappa shape index (κ3) is 4.11. The third-order valence-electron chi connectivity index (χ3n) is 5.09. The van der Waals surface area contributed by atoms with E-state index in [1.165, 1.54) is 24.3 Å². The van der Waals surface area contributed by atoms with Gasteiger partial charge in [-0.05, 0) is 49.2 Å². The molecule has 1 aliphatic heterocycles. The molecule has 0 bridgehead atoms. The Bertz CT molecular complexity index is 792. The van der Waals surface area contributed by atoms with Crippen LogP contribution in [0.25, 0.3) is 0 Å². The minimum absolute atomic E-state index is 0.225. The van der Waals surface area contributed by atoms with Gasteiger partial charge in [0.2, 0.25) is 0 Å². The van der Waals surface area contributed by atoms with Gasteiger partial charge in [-0.15, -0.1) is 0 Å². The maximum absolute atomic E-state index is 13.3. The summed E-state index contributed by atoms with van der Waals surface area (Å²) in [5.74, 6) is -0.709. The van der Waals surface area contributed by atoms with Crippen LogP contribution in [0.5, 0.6) is 0 Å². The van der Waals surface area contributed by atoms with Crippen LogP contribution in [0, 0.1) is 11.6 Å². The molecule has 27 heavy (non-hydrogen) atoms. The van der Waals surface area contributed by atoms with Crippen molar-refractivity contribution in [3.8, 4) is 0 Å². The number of hydrogen-bond acceptors (Lipinski definition) is 3. The first-order valence-corrected chi connectivity index (χ1v) is 9.00. The number of carbonyl (C=O) groups is 1. The topological polar surface area (TPSA) is 49.8 Å². The number of cyclic esters (lactones) is 1. The van der Waals surface area contributed by atoms with Crippen molar-refractivity contribution in [2.24, 2.45) is 0 Å². The summed E-state index contributed by atoms with van der Waals surface area (Å²) >= 11 is 0. The molecule has 144 valence electrons. The number of halogens is 2. The molecule has 1 saturated heterocycles. The lowest BCUT2D eigenvalue weighted by Gasteiger charge is -2.44. The second-order valence-electron chi connectivity index (χ2n) is 7.09. The second-order valence-corrected chi connectivity index (χ2v) is 7.09. The van der Waals surface area contributed by atoms with E-state index < -0.39 is 17.8 Å². The lowest BCUT2D eigenvalue weighted by atomic mass is 9.84. The number of hydrogen-bond donors (Lipinski definition) is 1. The highest BCUT2D eigenvalue weighted by atomic mass is 19.1. The molecule has 4 nitrogen and oxygen atoms in total. The van der Waals surface area contributed by atoms with E-state index in [0.717, 1.165) is 5.56 Å². The van der Waals surface area contributed by atoms with E-state index in [1.54, 1.807) is 36.1 Å². The standard InChI is InChI=1S/C21H23F2NO3/c1-14(25)13-21(17-5-9-19(23)10-6-17)11-12-24(20(26)27-21)15(2)16-3-7-18(22)8-4-16/h3-10,14-15,25H,11-13H2,1-2H3/t14-,15?,21-/m0/s1. The van der Waals surface area contributed by atoms with Crippen molar-refractivity contribution in [1.82, 2.24) is 4.90 Å². The Labute approximate surface area is 157 Å². The van der Waals surface area contributed by atoms with Crippen molar-refractivity contribution >= 4 is 6.09 Å². The number of carbonyl (C=O) groups excluding carboxylic acids is 1. The quantitative estimate of drug-likeness (QED) is 0.835. The van der Waals surface area contributed by atoms with Gasteiger partial charge in [0.15, 0.2) is 0 Å². The number of benzene rings is 2. The Hall–Kier alpha value is -2.47. The zero-order valence-electron chi connectivity index (χ0n) is 15.4. The molecule has 0 aliphatic carbocycles. The Morgan fingerprint density at radius 3 is 2.15 bits per heavy atom. The van der Waals surface area contributed by atoms with Crippen molar-refractivity contribution in [2.45, 2.75) is 44.4 Å². The summed E-state index contributed by atoms with van der Waals surface area (Å²) in [7, 11) is 0. The van der Waals surface area contributed by atoms with Gasteiger partial charge in [0.25, 0.3) is 0 Å². The molecule has 1 N–H and O–H groups in total. The van der Waals surface area contributed by atoms with Crippen LogP contribution in [0.15, 0.2) is 48.5 Å². The minimum atomic E-state index is -1.00. The van der Waals surface area contributed by atoms with Gasteiger partial charge in [0, 0.05) is 19.4 Å². The van der Waals surface area contributed by atoms with Crippen LogP contribution < -0.4 is 0 Å². The van der Waals surface area contributed by atoms with E-state index in [0.29, 0.717) is 18.5 Å². The average Bonchev–Trinajstić information content (AvgIpc) is 2.62. The molecule has 3 rings (SSSR count). The van der Waals surface area contributed by atoms with E-state index in [-0.39, 0.29) is 24.1 Å². The third-order valence-corrected chi connectivity index (χ3v) is 5.09. The second kappa shape index (κ2) is 7.64. The lowest BCUT2D eigenvalue weighted by Crippen LogP contribution is -2.49. The van der Waals surface area contributed by atoms with Crippen molar-refractivity contribution in [1.29, 1.82) is 0 Å². The number of aliphatic hydroxyl groups is 1. The van der Waals surface area contributed by atoms with Gasteiger partial charge >= 0.3 is 6.09 Å². The van der Waals surface area contributed by atoms with Crippen molar-refractivity contribution < 1.29 is 23.4 Å². The van der Waals surface area contributed by atoms with Crippen LogP contribution in [0.3, 0.4) is 0 Å². The number of nitrogens with zero attached hydrogens (tertiary/aromatic N) is 1. The maximum atomic E-state index is 13.3. The van der Waals surface area contributed by atoms with Crippen molar-refractivity contribution in [3.05, 3.63) is 71.3 Å². The van der Waals surface area contributed by atoms with Gasteiger partial charge in [-0.1, -0.05) is 24.3 Å². The zero-order valence-corrected chi connectivity index (χ0v) is 15.4. The molecular weight excluding hydrogens is 352 g/mol. The highest BCUT2D eigenvalue weighted by molar-refractivity contribution is 5.70. The maximum Gasteiger partial charge on any atom is 0.411 e. The summed E-state index contributed by atoms with van der Waals surface area (Å²) in [6.07, 6.45) is -0.517. The molecule has 6 heteroatoms. The van der Waals surface area contributed by atoms with Crippen LogP contribution in [0.4, 0.5) is 13.6 Å². The number of ether oxygens (including phenoxy) is 1. The smallest absolute Gasteiger partial charge is 0.411 e. The summed E-state index contributed by atoms with van der Waals surface area (Å²) in [6, 6.07) is 11.5. The Morgan fingerprint density at radius 2 is 1.63 bits per heavy atom. The Morgan fingerprint density at radius 1 is 1.07 bits per heavy atom. The molecule has 0 radical (unpaired) electrons. The van der Waals surface area contributed by atoms with Crippen LogP contribution in [-0.2, 0) is 10.3 Å². The zero-order chi connectivity index (χ0) is 19.6. The fourth-order valence-electron chi connectivity index (χ4n) is 3.64. The first kappa shape index (κ1) is 19.3. The van der Waals surface area contributed by atoms with Gasteiger partial charge in [0.05, 0.1) is 12.1 Å². The molecule has 1 aliphatic rings. The van der Waals surface area contributed by atoms with E-state index >= 15 is 0 Å². The summed E-state index contributed by atoms with van der Waals surface area (Å²) in [6.45, 7) is 3.89. The van der Waals surface area contributed by atoms with Gasteiger partial charge < -0.3 is 14.7 Å². The molecule has 1 fully saturated rings. The van der Waals surface area contributed by atoms with Crippen molar-refractivity contribution in [3.63, 3.8) is 0 Å². The van der Waals surface area contributed by atoms with Gasteiger partial charge in [-0.2, -0.15) is 0 Å². The average molecular weight is 375 g/mol. The minimum Gasteiger partial charge on any atom is -0.438 e. The molecular formula is C21H23F2NO3. The molecule has 2 aromatic carbocycles. The Balaban J connectivity index is 1.84. The van der Waals surface area contributed by atoms with E-state index in [4.69, 9.17) is 4.74 Å². The summed E-state index contributed by atoms with van der Waals surface area (Å²) in [4.78, 5) is 14.4. The van der Waals surface area contributed by atoms with E-state index in [1.807, 2.05) is 6.92 Å². The van der Waals surface area contributed by atoms with E-state index in [9.17, 15) is 18.7 Å². The van der Waals surface area contributed by atoms with Crippen LogP contribution in [0.2, 0.25) is 0 Å². The predicted molar refractivity (Wildman–Crippen MR) is 97.0 cm³/mol. The van der Waals surface area contributed by atoms with E-state index in [2.05, 4.69) is 0 Å². The number of aliphatic hydroxyl groups excluding tert-OH is 1. The van der Waals surface area contributed by atoms with Crippen LogP contribution >= 0.6 is 0 Å². The van der Waals surface area contributed by atoms with Crippen LogP contribution in [-0.4, -0.2) is 28.7 Å². The first-order chi connectivity index (χ1) is 12.8. The van der Waals surface area contributed by atoms with Crippen molar-refractivity contribution in [2.75, 3.05) is 6.54 Å². The molecule has 1 amide bonds. The molecule has 1 heterocycles. The molecule has 2 aromatic rings. The molecule has 0 aromatic heterocycles. The highest BCUT2D eigenvalue weighted by Gasteiger charge is 2.44. The largest absolute Gasteiger partial charge is 0.438 e. The van der Waals surface area contributed by atoms with Gasteiger partial charge in [-0.25, -0.2) is 13.6 Å². The predicted octanol–water partition coefficient (Wildman–Crippen LogP) is 4.53. The number of rotatable bonds is 5. The van der Waals surface area contributed by atoms with Crippen LogP contribution in [0.1, 0.15) is 43.9 Å². The summed E-state index contributed by atoms with van der Waals surface area (Å²) in [5.41, 5.74) is 0.461. The monoisotopic (exact) mass is 375 g/mol. The van der Waals surface area contributed by atoms with Gasteiger partial charge in [0.1, 0.15) is 17.2 Å². The molecule has 1 unspecified atom stereocenters. The summed E-state index contributed by atoms with van der Waals surface area (Å²) in [5, 5.41) is 9.94. The first-order valence-electron chi connectivity index (χ1n) is 9.00. The molecule has 3 atom stereocenters. The summed E-state index contributed by atoms with van der Waals surface area (Å²) < 4.78 is 32.3. The number of amides is 1. The fourth-order valence-corrected chi connectivity index (χ4v) is 3.64. The lowest BCUT2D eigenvalue weighted by molar-refractivity contribution is -0.0815. The highest BCUT2D eigenvalue weighted by Crippen LogP contribution is 2.40. The van der Waals surface area contributed by atoms with Gasteiger partial charge in [-0.3, -0.25) is 0 Å². The molecule has 0 saturated carbocycles. The molecule has 0 spiro atoms. The SMILES string of the molecule is CC(c1ccc(F)cc1)N1CC[C@](C[C@H](C)O)(c2ccc(F)cc2)OC1=O. The fraction of sp³-hybridized carbons (Fsp3) is 0.381. The normalized spacial score (nSPS) is 22.3.